The van der Waals surface area contributed by atoms with Gasteiger partial charge in [0.05, 0.1) is 4.92 Å². The molecular weight excluding hydrogens is 242 g/mol. The van der Waals surface area contributed by atoms with Crippen molar-refractivity contribution in [1.29, 1.82) is 0 Å². The highest BCUT2D eigenvalue weighted by Crippen LogP contribution is 2.26. The highest BCUT2D eigenvalue weighted by Gasteiger charge is 2.14. The molecule has 0 spiro atoms. The Bertz CT molecular complexity index is 597. The fourth-order valence-corrected chi connectivity index (χ4v) is 1.75. The summed E-state index contributed by atoms with van der Waals surface area (Å²) < 4.78 is 0. The van der Waals surface area contributed by atoms with E-state index in [-0.39, 0.29) is 11.5 Å². The van der Waals surface area contributed by atoms with Crippen molar-refractivity contribution in [2.75, 3.05) is 5.32 Å². The maximum absolute atomic E-state index is 10.9. The zero-order chi connectivity index (χ0) is 13.8. The molecule has 1 N–H and O–H groups in total. The van der Waals surface area contributed by atoms with Gasteiger partial charge in [0, 0.05) is 18.0 Å². The van der Waals surface area contributed by atoms with E-state index < -0.39 is 4.92 Å². The molecule has 0 aliphatic rings. The molecule has 5 heteroatoms. The van der Waals surface area contributed by atoms with E-state index in [1.165, 1.54) is 17.8 Å². The zero-order valence-electron chi connectivity index (χ0n) is 10.8. The summed E-state index contributed by atoms with van der Waals surface area (Å²) in [6.45, 7) is 4.20. The van der Waals surface area contributed by atoms with Gasteiger partial charge in [-0.1, -0.05) is 26.0 Å². The normalized spacial score (nSPS) is 10.5. The molecule has 0 atom stereocenters. The van der Waals surface area contributed by atoms with Gasteiger partial charge in [-0.05, 0) is 29.7 Å². The van der Waals surface area contributed by atoms with Crippen LogP contribution in [0.5, 0.6) is 0 Å². The molecule has 1 aromatic heterocycles. The summed E-state index contributed by atoms with van der Waals surface area (Å²) in [7, 11) is 0. The van der Waals surface area contributed by atoms with Crippen molar-refractivity contribution in [2.24, 2.45) is 0 Å². The van der Waals surface area contributed by atoms with Gasteiger partial charge in [-0.3, -0.25) is 10.1 Å². The van der Waals surface area contributed by atoms with E-state index in [9.17, 15) is 10.1 Å². The van der Waals surface area contributed by atoms with Crippen molar-refractivity contribution in [2.45, 2.75) is 19.8 Å². The minimum absolute atomic E-state index is 0.0301. The van der Waals surface area contributed by atoms with E-state index in [1.54, 1.807) is 6.07 Å². The van der Waals surface area contributed by atoms with Gasteiger partial charge in [0.15, 0.2) is 0 Å². The molecule has 0 saturated heterocycles. The number of hydrogen-bond donors (Lipinski definition) is 1. The summed E-state index contributed by atoms with van der Waals surface area (Å²) in [5.41, 5.74) is 1.94. The summed E-state index contributed by atoms with van der Waals surface area (Å²) in [5, 5.41) is 13.9. The second kappa shape index (κ2) is 5.48. The minimum Gasteiger partial charge on any atom is -0.334 e. The molecule has 2 rings (SSSR count). The number of nitrogens with zero attached hydrogens (tertiary/aromatic N) is 2. The van der Waals surface area contributed by atoms with Gasteiger partial charge in [0.25, 0.3) is 0 Å². The van der Waals surface area contributed by atoms with Crippen LogP contribution in [-0.2, 0) is 0 Å². The number of benzene rings is 1. The third-order valence-corrected chi connectivity index (χ3v) is 2.80. The number of hydrogen-bond acceptors (Lipinski definition) is 4. The van der Waals surface area contributed by atoms with Crippen LogP contribution in [0.4, 0.5) is 17.2 Å². The lowest BCUT2D eigenvalue weighted by Crippen LogP contribution is -1.99. The third-order valence-electron chi connectivity index (χ3n) is 2.80. The predicted octanol–water partition coefficient (Wildman–Crippen LogP) is 3.86. The molecule has 0 bridgehead atoms. The van der Waals surface area contributed by atoms with Crippen molar-refractivity contribution in [3.05, 3.63) is 58.3 Å². The van der Waals surface area contributed by atoms with Crippen LogP contribution in [-0.4, -0.2) is 9.91 Å². The lowest BCUT2D eigenvalue weighted by atomic mass is 10.0. The fourth-order valence-electron chi connectivity index (χ4n) is 1.75. The molecule has 0 radical (unpaired) electrons. The van der Waals surface area contributed by atoms with Crippen LogP contribution in [0.1, 0.15) is 25.3 Å². The highest BCUT2D eigenvalue weighted by atomic mass is 16.6. The molecule has 0 amide bonds. The number of nitrogens with one attached hydrogen (secondary N) is 1. The Labute approximate surface area is 111 Å². The molecule has 0 fully saturated rings. The van der Waals surface area contributed by atoms with Gasteiger partial charge < -0.3 is 5.32 Å². The number of nitro groups is 1. The molecule has 1 heterocycles. The van der Waals surface area contributed by atoms with Gasteiger partial charge in [-0.2, -0.15) is 0 Å². The maximum atomic E-state index is 10.9. The fraction of sp³-hybridized carbons (Fsp3) is 0.214. The lowest BCUT2D eigenvalue weighted by molar-refractivity contribution is -0.384. The Hall–Kier alpha value is -2.43. The van der Waals surface area contributed by atoms with Crippen LogP contribution < -0.4 is 5.32 Å². The summed E-state index contributed by atoms with van der Waals surface area (Å²) in [5.74, 6) is 0.661. The first-order valence-electron chi connectivity index (χ1n) is 6.04. The van der Waals surface area contributed by atoms with Crippen molar-refractivity contribution < 1.29 is 4.92 Å². The van der Waals surface area contributed by atoms with Crippen molar-refractivity contribution in [1.82, 2.24) is 4.98 Å². The average molecular weight is 257 g/mol. The van der Waals surface area contributed by atoms with Gasteiger partial charge in [-0.25, -0.2) is 4.98 Å². The third kappa shape index (κ3) is 3.07. The molecule has 0 saturated carbocycles. The van der Waals surface area contributed by atoms with E-state index in [4.69, 9.17) is 0 Å². The molecular formula is C14H15N3O2. The van der Waals surface area contributed by atoms with E-state index in [2.05, 4.69) is 24.1 Å². The Morgan fingerprint density at radius 3 is 2.74 bits per heavy atom. The van der Waals surface area contributed by atoms with Crippen LogP contribution in [0.2, 0.25) is 0 Å². The second-order valence-corrected chi connectivity index (χ2v) is 4.53. The first-order valence-corrected chi connectivity index (χ1v) is 6.04. The quantitative estimate of drug-likeness (QED) is 0.667. The summed E-state index contributed by atoms with van der Waals surface area (Å²) in [4.78, 5) is 14.5. The van der Waals surface area contributed by atoms with Crippen LogP contribution in [0.25, 0.3) is 0 Å². The summed E-state index contributed by atoms with van der Waals surface area (Å²) >= 11 is 0. The molecule has 98 valence electrons. The molecule has 2 aromatic rings. The first kappa shape index (κ1) is 13.0. The van der Waals surface area contributed by atoms with Gasteiger partial charge in [0.2, 0.25) is 5.82 Å². The second-order valence-electron chi connectivity index (χ2n) is 4.53. The molecule has 5 nitrogen and oxygen atoms in total. The molecule has 0 aliphatic heterocycles. The number of pyridine rings is 1. The van der Waals surface area contributed by atoms with Gasteiger partial charge >= 0.3 is 5.69 Å². The van der Waals surface area contributed by atoms with Crippen molar-refractivity contribution in [3.63, 3.8) is 0 Å². The molecule has 0 aliphatic carbocycles. The van der Waals surface area contributed by atoms with Gasteiger partial charge in [-0.15, -0.1) is 0 Å². The number of rotatable bonds is 4. The molecule has 0 unspecified atom stereocenters. The van der Waals surface area contributed by atoms with Crippen LogP contribution in [0.3, 0.4) is 0 Å². The lowest BCUT2D eigenvalue weighted by Gasteiger charge is -2.09. The zero-order valence-corrected chi connectivity index (χ0v) is 10.8. The first-order chi connectivity index (χ1) is 9.08. The highest BCUT2D eigenvalue weighted by molar-refractivity contribution is 5.65. The molecule has 19 heavy (non-hydrogen) atoms. The minimum atomic E-state index is -0.443. The Morgan fingerprint density at radius 2 is 2.05 bits per heavy atom. The largest absolute Gasteiger partial charge is 0.334 e. The SMILES string of the molecule is CC(C)c1cccc(Nc2ncccc2[N+](=O)[O-])c1. The smallest absolute Gasteiger partial charge is 0.311 e. The Kier molecular flexibility index (Phi) is 3.75. The van der Waals surface area contributed by atoms with Gasteiger partial charge in [0.1, 0.15) is 0 Å². The van der Waals surface area contributed by atoms with Crippen LogP contribution in [0.15, 0.2) is 42.6 Å². The number of aromatic nitrogens is 1. The van der Waals surface area contributed by atoms with E-state index in [0.29, 0.717) is 5.92 Å². The Morgan fingerprint density at radius 1 is 1.26 bits per heavy atom. The Balaban J connectivity index is 2.31. The number of anilines is 2. The van der Waals surface area contributed by atoms with E-state index >= 15 is 0 Å². The summed E-state index contributed by atoms with van der Waals surface area (Å²) in [6.07, 6.45) is 1.53. The van der Waals surface area contributed by atoms with Crippen LogP contribution >= 0.6 is 0 Å². The topological polar surface area (TPSA) is 68.1 Å². The summed E-state index contributed by atoms with van der Waals surface area (Å²) in [6, 6.07) is 10.8. The maximum Gasteiger partial charge on any atom is 0.311 e. The van der Waals surface area contributed by atoms with Crippen molar-refractivity contribution >= 4 is 17.2 Å². The molecule has 1 aromatic carbocycles. The average Bonchev–Trinajstić information content (AvgIpc) is 2.39. The standard InChI is InChI=1S/C14H15N3O2/c1-10(2)11-5-3-6-12(9-11)16-14-13(17(18)19)7-4-8-15-14/h3-10H,1-2H3,(H,15,16). The van der Waals surface area contributed by atoms with E-state index in [0.717, 1.165) is 5.69 Å². The van der Waals surface area contributed by atoms with Crippen molar-refractivity contribution in [3.8, 4) is 0 Å². The monoisotopic (exact) mass is 257 g/mol. The predicted molar refractivity (Wildman–Crippen MR) is 74.7 cm³/mol. The van der Waals surface area contributed by atoms with Crippen LogP contribution in [0, 0.1) is 10.1 Å². The van der Waals surface area contributed by atoms with E-state index in [1.807, 2.05) is 24.3 Å².